The molecule has 0 aliphatic heterocycles. The fourth-order valence-corrected chi connectivity index (χ4v) is 4.05. The van der Waals surface area contributed by atoms with Crippen LogP contribution in [0, 0.1) is 13.8 Å². The highest BCUT2D eigenvalue weighted by molar-refractivity contribution is 7.16. The second-order valence-electron chi connectivity index (χ2n) is 5.23. The van der Waals surface area contributed by atoms with Crippen LogP contribution in [0.4, 0.5) is 5.00 Å². The highest BCUT2D eigenvalue weighted by atomic mass is 32.1. The van der Waals surface area contributed by atoms with Crippen molar-refractivity contribution in [3.63, 3.8) is 0 Å². The third-order valence-electron chi connectivity index (χ3n) is 4.03. The first kappa shape index (κ1) is 12.5. The lowest BCUT2D eigenvalue weighted by molar-refractivity contribution is 0.416. The predicted molar refractivity (Wildman–Crippen MR) is 82.2 cm³/mol. The smallest absolute Gasteiger partial charge is 0.127 e. The molecule has 0 radical (unpaired) electrons. The van der Waals surface area contributed by atoms with E-state index in [1.165, 1.54) is 40.0 Å². The number of rotatable bonds is 2. The Morgan fingerprint density at radius 1 is 1.16 bits per heavy atom. The van der Waals surface area contributed by atoms with Gasteiger partial charge in [0.15, 0.2) is 0 Å². The second kappa shape index (κ2) is 4.57. The lowest BCUT2D eigenvalue weighted by Crippen LogP contribution is -1.95. The van der Waals surface area contributed by atoms with Crippen molar-refractivity contribution in [2.24, 2.45) is 0 Å². The van der Waals surface area contributed by atoms with Gasteiger partial charge in [0.2, 0.25) is 0 Å². The number of nitrogen functional groups attached to an aromatic ring is 1. The number of fused-ring (bicyclic) bond motifs is 1. The lowest BCUT2D eigenvalue weighted by Gasteiger charge is -2.13. The van der Waals surface area contributed by atoms with Crippen molar-refractivity contribution in [1.82, 2.24) is 0 Å². The van der Waals surface area contributed by atoms with E-state index >= 15 is 0 Å². The summed E-state index contributed by atoms with van der Waals surface area (Å²) in [6.45, 7) is 4.25. The van der Waals surface area contributed by atoms with E-state index in [0.29, 0.717) is 0 Å². The summed E-state index contributed by atoms with van der Waals surface area (Å²) in [5.41, 5.74) is 12.6. The van der Waals surface area contributed by atoms with Gasteiger partial charge in [-0.3, -0.25) is 0 Å². The van der Waals surface area contributed by atoms with Crippen molar-refractivity contribution in [2.45, 2.75) is 33.1 Å². The van der Waals surface area contributed by atoms with Crippen LogP contribution in [-0.4, -0.2) is 7.11 Å². The van der Waals surface area contributed by atoms with Crippen LogP contribution in [0.3, 0.4) is 0 Å². The number of thiophene rings is 1. The summed E-state index contributed by atoms with van der Waals surface area (Å²) < 4.78 is 5.57. The molecular formula is C16H19NOS. The van der Waals surface area contributed by atoms with Crippen molar-refractivity contribution < 1.29 is 4.74 Å². The van der Waals surface area contributed by atoms with E-state index in [0.717, 1.165) is 22.7 Å². The van der Waals surface area contributed by atoms with Gasteiger partial charge >= 0.3 is 0 Å². The van der Waals surface area contributed by atoms with Crippen molar-refractivity contribution in [3.05, 3.63) is 33.7 Å². The third-order valence-corrected chi connectivity index (χ3v) is 5.15. The molecule has 2 N–H and O–H groups in total. The maximum atomic E-state index is 6.26. The number of ether oxygens (including phenoxy) is 1. The van der Waals surface area contributed by atoms with Gasteiger partial charge in [-0.1, -0.05) is 0 Å². The lowest BCUT2D eigenvalue weighted by atomic mass is 9.97. The van der Waals surface area contributed by atoms with Crippen LogP contribution in [0.2, 0.25) is 0 Å². The van der Waals surface area contributed by atoms with Crippen LogP contribution in [0.25, 0.3) is 11.1 Å². The van der Waals surface area contributed by atoms with E-state index in [2.05, 4.69) is 26.0 Å². The van der Waals surface area contributed by atoms with Crippen LogP contribution < -0.4 is 10.5 Å². The molecule has 0 spiro atoms. The average Bonchev–Trinajstić information content (AvgIpc) is 2.92. The maximum Gasteiger partial charge on any atom is 0.127 e. The van der Waals surface area contributed by atoms with Crippen LogP contribution in [0.1, 0.15) is 28.0 Å². The monoisotopic (exact) mass is 273 g/mol. The quantitative estimate of drug-likeness (QED) is 0.893. The van der Waals surface area contributed by atoms with Crippen molar-refractivity contribution in [1.29, 1.82) is 0 Å². The molecule has 100 valence electrons. The Labute approximate surface area is 118 Å². The molecule has 3 heteroatoms. The average molecular weight is 273 g/mol. The molecule has 0 amide bonds. The normalized spacial score (nSPS) is 13.6. The molecule has 1 heterocycles. The Bertz CT molecular complexity index is 643. The molecule has 0 saturated carbocycles. The van der Waals surface area contributed by atoms with Crippen LogP contribution in [0.5, 0.6) is 5.75 Å². The Kier molecular flexibility index (Phi) is 3.02. The van der Waals surface area contributed by atoms with Gasteiger partial charge in [0.05, 0.1) is 12.1 Å². The molecular weight excluding hydrogens is 254 g/mol. The molecule has 0 fully saturated rings. The summed E-state index contributed by atoms with van der Waals surface area (Å²) in [4.78, 5) is 1.47. The zero-order chi connectivity index (χ0) is 13.6. The Balaban J connectivity index is 2.25. The first-order chi connectivity index (χ1) is 9.11. The molecule has 1 aliphatic carbocycles. The third kappa shape index (κ3) is 1.93. The number of nitrogens with two attached hydrogens (primary N) is 1. The largest absolute Gasteiger partial charge is 0.496 e. The van der Waals surface area contributed by atoms with Crippen LogP contribution in [-0.2, 0) is 12.8 Å². The van der Waals surface area contributed by atoms with Crippen molar-refractivity contribution in [2.75, 3.05) is 12.8 Å². The maximum absolute atomic E-state index is 6.26. The Morgan fingerprint density at radius 2 is 1.89 bits per heavy atom. The molecule has 0 bridgehead atoms. The summed E-state index contributed by atoms with van der Waals surface area (Å²) in [7, 11) is 1.73. The Morgan fingerprint density at radius 3 is 2.63 bits per heavy atom. The van der Waals surface area contributed by atoms with E-state index in [1.807, 2.05) is 0 Å². The second-order valence-corrected chi connectivity index (χ2v) is 6.37. The van der Waals surface area contributed by atoms with Crippen molar-refractivity contribution >= 4 is 16.3 Å². The van der Waals surface area contributed by atoms with Crippen LogP contribution >= 0.6 is 11.3 Å². The fraction of sp³-hybridized carbons (Fsp3) is 0.375. The molecule has 2 aromatic rings. The number of hydrogen-bond donors (Lipinski definition) is 1. The van der Waals surface area contributed by atoms with Gasteiger partial charge in [-0.25, -0.2) is 0 Å². The summed E-state index contributed by atoms with van der Waals surface area (Å²) >= 11 is 1.75. The van der Waals surface area contributed by atoms with E-state index in [4.69, 9.17) is 10.5 Å². The van der Waals surface area contributed by atoms with Gasteiger partial charge in [-0.2, -0.15) is 0 Å². The molecule has 1 aliphatic rings. The molecule has 1 aromatic carbocycles. The number of aryl methyl sites for hydroxylation is 3. The zero-order valence-electron chi connectivity index (χ0n) is 11.7. The fourth-order valence-electron chi connectivity index (χ4n) is 2.87. The number of methoxy groups -OCH3 is 1. The minimum Gasteiger partial charge on any atom is -0.496 e. The Hall–Kier alpha value is -1.48. The molecule has 1 aromatic heterocycles. The molecule has 19 heavy (non-hydrogen) atoms. The summed E-state index contributed by atoms with van der Waals surface area (Å²) in [6, 6.07) is 4.33. The van der Waals surface area contributed by atoms with Gasteiger partial charge in [0.1, 0.15) is 5.75 Å². The van der Waals surface area contributed by atoms with Gasteiger partial charge in [0, 0.05) is 16.0 Å². The van der Waals surface area contributed by atoms with E-state index < -0.39 is 0 Å². The molecule has 0 unspecified atom stereocenters. The number of benzene rings is 1. The van der Waals surface area contributed by atoms with Gasteiger partial charge < -0.3 is 10.5 Å². The van der Waals surface area contributed by atoms with Crippen LogP contribution in [0.15, 0.2) is 12.1 Å². The highest BCUT2D eigenvalue weighted by Gasteiger charge is 2.24. The van der Waals surface area contributed by atoms with Gasteiger partial charge in [0.25, 0.3) is 0 Å². The summed E-state index contributed by atoms with van der Waals surface area (Å²) in [5, 5.41) is 0.936. The zero-order valence-corrected chi connectivity index (χ0v) is 12.5. The molecule has 3 rings (SSSR count). The van der Waals surface area contributed by atoms with E-state index in [1.54, 1.807) is 18.4 Å². The first-order valence-electron chi connectivity index (χ1n) is 6.67. The molecule has 0 atom stereocenters. The van der Waals surface area contributed by atoms with E-state index in [9.17, 15) is 0 Å². The minimum absolute atomic E-state index is 0.933. The minimum atomic E-state index is 0.933. The van der Waals surface area contributed by atoms with Gasteiger partial charge in [-0.15, -0.1) is 11.3 Å². The first-order valence-corrected chi connectivity index (χ1v) is 7.49. The SMILES string of the molecule is COc1cc(C)c(C)cc1-c1c(N)sc2c1CCC2. The summed E-state index contributed by atoms with van der Waals surface area (Å²) in [5.74, 6) is 0.933. The summed E-state index contributed by atoms with van der Waals surface area (Å²) in [6.07, 6.45) is 3.58. The topological polar surface area (TPSA) is 35.2 Å². The van der Waals surface area contributed by atoms with Crippen molar-refractivity contribution in [3.8, 4) is 16.9 Å². The highest BCUT2D eigenvalue weighted by Crippen LogP contribution is 2.46. The van der Waals surface area contributed by atoms with E-state index in [-0.39, 0.29) is 0 Å². The molecule has 0 saturated heterocycles. The number of hydrogen-bond acceptors (Lipinski definition) is 3. The predicted octanol–water partition coefficient (Wildman–Crippen LogP) is 4.11. The molecule has 2 nitrogen and oxygen atoms in total. The standard InChI is InChI=1S/C16H19NOS/c1-9-7-12(13(18-3)8-10(9)2)15-11-5-4-6-14(11)19-16(15)17/h7-8H,4-6,17H2,1-3H3. The number of anilines is 1. The van der Waals surface area contributed by atoms with Gasteiger partial charge in [-0.05, 0) is 61.9 Å².